The maximum Gasteiger partial charge on any atom is 0.291 e. The number of carbonyl (C=O) groups excluding carboxylic acids is 1. The van der Waals surface area contributed by atoms with E-state index in [-0.39, 0.29) is 5.91 Å². The van der Waals surface area contributed by atoms with Crippen LogP contribution in [0.4, 0.5) is 5.69 Å². The van der Waals surface area contributed by atoms with E-state index in [2.05, 4.69) is 10.2 Å². The van der Waals surface area contributed by atoms with Crippen molar-refractivity contribution in [3.05, 3.63) is 70.3 Å². The Morgan fingerprint density at radius 2 is 1.82 bits per heavy atom. The van der Waals surface area contributed by atoms with E-state index in [4.69, 9.17) is 21.3 Å². The molecule has 3 aliphatic rings. The first kappa shape index (κ1) is 26.5. The largest absolute Gasteiger partial charge is 0.384 e. The quantitative estimate of drug-likeness (QED) is 0.344. The minimum absolute atomic E-state index is 0.178. The van der Waals surface area contributed by atoms with E-state index < -0.39 is 0 Å². The van der Waals surface area contributed by atoms with Crippen LogP contribution in [0.15, 0.2) is 42.5 Å². The summed E-state index contributed by atoms with van der Waals surface area (Å²) in [6.45, 7) is 5.88. The minimum Gasteiger partial charge on any atom is -0.384 e. The summed E-state index contributed by atoms with van der Waals surface area (Å²) in [6.07, 6.45) is 8.86. The van der Waals surface area contributed by atoms with Crippen LogP contribution in [0.3, 0.4) is 0 Å². The van der Waals surface area contributed by atoms with Gasteiger partial charge in [-0.15, -0.1) is 0 Å². The van der Waals surface area contributed by atoms with E-state index in [1.165, 1.54) is 44.2 Å². The molecule has 2 aliphatic carbocycles. The average Bonchev–Trinajstić information content (AvgIpc) is 3.59. The Kier molecular flexibility index (Phi) is 7.07. The number of carbonyl (C=O) groups is 1. The molecule has 6 rings (SSSR count). The fourth-order valence-electron chi connectivity index (χ4n) is 7.59. The summed E-state index contributed by atoms with van der Waals surface area (Å²) in [5, 5.41) is 3.82. The first-order valence-corrected chi connectivity index (χ1v) is 14.6. The van der Waals surface area contributed by atoms with Crippen LogP contribution in [0.2, 0.25) is 5.02 Å². The Morgan fingerprint density at radius 3 is 2.59 bits per heavy atom. The lowest BCUT2D eigenvalue weighted by Crippen LogP contribution is -2.34. The van der Waals surface area contributed by atoms with Crippen molar-refractivity contribution in [2.45, 2.75) is 58.4 Å². The summed E-state index contributed by atoms with van der Waals surface area (Å²) in [6, 6.07) is 13.7. The fraction of sp³-hybridized carbons (Fsp3) is 0.500. The van der Waals surface area contributed by atoms with Crippen LogP contribution in [0.5, 0.6) is 0 Å². The van der Waals surface area contributed by atoms with E-state index in [9.17, 15) is 4.79 Å². The molecule has 1 amide bonds. The second-order valence-corrected chi connectivity index (χ2v) is 12.6. The van der Waals surface area contributed by atoms with Crippen molar-refractivity contribution in [3.63, 3.8) is 0 Å². The van der Waals surface area contributed by atoms with Crippen molar-refractivity contribution >= 4 is 23.2 Å². The van der Waals surface area contributed by atoms with E-state index in [1.807, 2.05) is 68.1 Å². The number of anilines is 1. The molecule has 2 heterocycles. The van der Waals surface area contributed by atoms with Gasteiger partial charge in [0.05, 0.1) is 12.3 Å². The van der Waals surface area contributed by atoms with Gasteiger partial charge in [-0.1, -0.05) is 41.9 Å². The lowest BCUT2D eigenvalue weighted by Gasteiger charge is -2.32. The Bertz CT molecular complexity index is 1390. The van der Waals surface area contributed by atoms with Gasteiger partial charge in [-0.2, -0.15) is 0 Å². The molecular weight excluding hydrogens is 508 g/mol. The molecule has 206 valence electrons. The highest BCUT2D eigenvalue weighted by Gasteiger charge is 2.53. The Labute approximate surface area is 236 Å². The smallest absolute Gasteiger partial charge is 0.291 e. The molecule has 2 bridgehead atoms. The second-order valence-electron chi connectivity index (χ2n) is 12.2. The lowest BCUT2D eigenvalue weighted by atomic mass is 9.80. The number of nitrogens with one attached hydrogen (secondary N) is 1. The number of benzene rings is 2. The highest BCUT2D eigenvalue weighted by atomic mass is 35.5. The van der Waals surface area contributed by atoms with Gasteiger partial charge in [-0.3, -0.25) is 9.69 Å². The molecule has 2 fully saturated rings. The third-order valence-corrected chi connectivity index (χ3v) is 10.1. The maximum atomic E-state index is 13.4. The van der Waals surface area contributed by atoms with Crippen LogP contribution in [0.1, 0.15) is 66.1 Å². The highest BCUT2D eigenvalue weighted by molar-refractivity contribution is 6.33. The number of aromatic nitrogens is 2. The molecule has 3 aromatic rings. The zero-order valence-corrected chi connectivity index (χ0v) is 24.1. The van der Waals surface area contributed by atoms with E-state index in [1.54, 1.807) is 0 Å². The summed E-state index contributed by atoms with van der Waals surface area (Å²) in [4.78, 5) is 20.8. The van der Waals surface area contributed by atoms with E-state index >= 15 is 0 Å². The van der Waals surface area contributed by atoms with Crippen LogP contribution in [-0.2, 0) is 24.8 Å². The SMILES string of the molecule is COCC12CCC(CCN3CCc4c(nc(C(=O)Nc5cccc(-c6ccccc6Cl)c5C)n4C)C3)(CC1)C2. The van der Waals surface area contributed by atoms with Gasteiger partial charge in [-0.25, -0.2) is 4.98 Å². The van der Waals surface area contributed by atoms with Gasteiger partial charge in [0.1, 0.15) is 0 Å². The predicted molar refractivity (Wildman–Crippen MR) is 156 cm³/mol. The van der Waals surface area contributed by atoms with Crippen molar-refractivity contribution in [2.24, 2.45) is 17.9 Å². The van der Waals surface area contributed by atoms with Crippen molar-refractivity contribution in [1.29, 1.82) is 0 Å². The van der Waals surface area contributed by atoms with Gasteiger partial charge in [-0.05, 0) is 86.1 Å². The lowest BCUT2D eigenvalue weighted by molar-refractivity contribution is 0.0860. The molecule has 1 aromatic heterocycles. The normalized spacial score (nSPS) is 24.2. The molecule has 2 saturated carbocycles. The molecule has 1 aliphatic heterocycles. The third kappa shape index (κ3) is 4.92. The summed E-state index contributed by atoms with van der Waals surface area (Å²) in [7, 11) is 3.81. The second kappa shape index (κ2) is 10.4. The third-order valence-electron chi connectivity index (χ3n) is 9.81. The topological polar surface area (TPSA) is 59.4 Å². The molecule has 1 N–H and O–H groups in total. The number of hydrogen-bond donors (Lipinski definition) is 1. The van der Waals surface area contributed by atoms with Gasteiger partial charge in [0.2, 0.25) is 0 Å². The van der Waals surface area contributed by atoms with E-state index in [0.29, 0.717) is 21.7 Å². The van der Waals surface area contributed by atoms with Gasteiger partial charge in [0, 0.05) is 55.6 Å². The molecule has 39 heavy (non-hydrogen) atoms. The van der Waals surface area contributed by atoms with Gasteiger partial charge < -0.3 is 14.6 Å². The van der Waals surface area contributed by atoms with E-state index in [0.717, 1.165) is 60.7 Å². The number of rotatable bonds is 8. The number of hydrogen-bond acceptors (Lipinski definition) is 4. The van der Waals surface area contributed by atoms with Gasteiger partial charge >= 0.3 is 0 Å². The maximum absolute atomic E-state index is 13.4. The van der Waals surface area contributed by atoms with Crippen LogP contribution in [-0.4, -0.2) is 47.2 Å². The molecular formula is C32H39ClN4O2. The number of methoxy groups -OCH3 is 1. The monoisotopic (exact) mass is 546 g/mol. The number of imidazole rings is 1. The number of amides is 1. The Balaban J connectivity index is 1.13. The fourth-order valence-corrected chi connectivity index (χ4v) is 7.83. The van der Waals surface area contributed by atoms with Gasteiger partial charge in [0.25, 0.3) is 5.91 Å². The zero-order chi connectivity index (χ0) is 27.2. The molecule has 0 saturated heterocycles. The molecule has 0 unspecified atom stereocenters. The Hall–Kier alpha value is -2.67. The average molecular weight is 547 g/mol. The molecule has 0 spiro atoms. The van der Waals surface area contributed by atoms with Crippen molar-refractivity contribution in [3.8, 4) is 11.1 Å². The first-order chi connectivity index (χ1) is 18.8. The number of nitrogens with zero attached hydrogens (tertiary/aromatic N) is 3. The van der Waals surface area contributed by atoms with Gasteiger partial charge in [0.15, 0.2) is 5.82 Å². The first-order valence-electron chi connectivity index (χ1n) is 14.2. The van der Waals surface area contributed by atoms with Crippen LogP contribution in [0, 0.1) is 17.8 Å². The molecule has 6 nitrogen and oxygen atoms in total. The summed E-state index contributed by atoms with van der Waals surface area (Å²) in [5.74, 6) is 0.294. The van der Waals surface area contributed by atoms with Crippen molar-refractivity contribution in [1.82, 2.24) is 14.5 Å². The van der Waals surface area contributed by atoms with Crippen LogP contribution < -0.4 is 5.32 Å². The molecule has 0 radical (unpaired) electrons. The molecule has 0 atom stereocenters. The van der Waals surface area contributed by atoms with Crippen molar-refractivity contribution in [2.75, 3.05) is 32.1 Å². The zero-order valence-electron chi connectivity index (χ0n) is 23.4. The van der Waals surface area contributed by atoms with Crippen LogP contribution >= 0.6 is 11.6 Å². The molecule has 7 heteroatoms. The number of fused-ring (bicyclic) bond motifs is 3. The number of halogens is 1. The Morgan fingerprint density at radius 1 is 1.08 bits per heavy atom. The summed E-state index contributed by atoms with van der Waals surface area (Å²) < 4.78 is 7.56. The highest BCUT2D eigenvalue weighted by Crippen LogP contribution is 2.63. The molecule has 2 aromatic carbocycles. The predicted octanol–water partition coefficient (Wildman–Crippen LogP) is 6.65. The number of ether oxygens (including phenoxy) is 1. The van der Waals surface area contributed by atoms with Crippen LogP contribution in [0.25, 0.3) is 11.1 Å². The standard InChI is InChI=1S/C32H39ClN4O2/c1-22-23(24-7-4-5-9-25(24)33)8-6-10-26(22)35-30(38)29-34-27-19-37(17-11-28(27)36(29)2)18-16-31-12-14-32(20-31,15-13-31)21-39-3/h4-10H,11-21H2,1-3H3,(H,35,38). The summed E-state index contributed by atoms with van der Waals surface area (Å²) >= 11 is 6.46. The van der Waals surface area contributed by atoms with Crippen molar-refractivity contribution < 1.29 is 9.53 Å². The summed E-state index contributed by atoms with van der Waals surface area (Å²) in [5.41, 5.74) is 6.89. The minimum atomic E-state index is -0.178.